The SMILES string of the molecule is CC(C)(C)Cc1ccc(CCCNC(C)(C)C)cn1. The van der Waals surface area contributed by atoms with Crippen molar-refractivity contribution in [1.29, 1.82) is 0 Å². The van der Waals surface area contributed by atoms with Crippen molar-refractivity contribution in [3.8, 4) is 0 Å². The molecule has 2 nitrogen and oxygen atoms in total. The number of aryl methyl sites for hydroxylation is 1. The third-order valence-electron chi connectivity index (χ3n) is 2.89. The molecular formula is C17H30N2. The second-order valence-electron chi connectivity index (χ2n) is 7.68. The van der Waals surface area contributed by atoms with Crippen molar-refractivity contribution < 1.29 is 0 Å². The lowest BCUT2D eigenvalue weighted by Gasteiger charge is -2.20. The molecule has 0 bridgehead atoms. The molecule has 0 aliphatic heterocycles. The predicted molar refractivity (Wildman–Crippen MR) is 83.5 cm³/mol. The molecule has 0 aliphatic rings. The molecule has 0 unspecified atom stereocenters. The predicted octanol–water partition coefficient (Wildman–Crippen LogP) is 3.99. The van der Waals surface area contributed by atoms with Crippen LogP contribution in [0.25, 0.3) is 0 Å². The van der Waals surface area contributed by atoms with Gasteiger partial charge in [-0.3, -0.25) is 4.98 Å². The molecule has 0 atom stereocenters. The molecule has 1 aromatic rings. The van der Waals surface area contributed by atoms with E-state index in [1.807, 2.05) is 6.20 Å². The summed E-state index contributed by atoms with van der Waals surface area (Å²) in [5, 5.41) is 3.51. The molecule has 1 N–H and O–H groups in total. The molecule has 0 saturated heterocycles. The molecule has 1 rings (SSSR count). The zero-order chi connectivity index (χ0) is 14.5. The van der Waals surface area contributed by atoms with Gasteiger partial charge in [-0.25, -0.2) is 0 Å². The van der Waals surface area contributed by atoms with E-state index in [-0.39, 0.29) is 5.54 Å². The van der Waals surface area contributed by atoms with Gasteiger partial charge >= 0.3 is 0 Å². The van der Waals surface area contributed by atoms with Crippen LogP contribution in [0.5, 0.6) is 0 Å². The fourth-order valence-electron chi connectivity index (χ4n) is 2.01. The standard InChI is InChI=1S/C17H30N2/c1-16(2,3)12-15-10-9-14(13-18-15)8-7-11-19-17(4,5)6/h9-10,13,19H,7-8,11-12H2,1-6H3. The van der Waals surface area contributed by atoms with Crippen LogP contribution in [0, 0.1) is 5.41 Å². The average molecular weight is 262 g/mol. The number of nitrogens with one attached hydrogen (secondary N) is 1. The van der Waals surface area contributed by atoms with Crippen molar-refractivity contribution >= 4 is 0 Å². The lowest BCUT2D eigenvalue weighted by Crippen LogP contribution is -2.36. The normalized spacial score (nSPS) is 12.7. The van der Waals surface area contributed by atoms with Crippen molar-refractivity contribution in [1.82, 2.24) is 10.3 Å². The van der Waals surface area contributed by atoms with Crippen LogP contribution in [0.4, 0.5) is 0 Å². The highest BCUT2D eigenvalue weighted by atomic mass is 14.9. The van der Waals surface area contributed by atoms with Crippen molar-refractivity contribution in [2.75, 3.05) is 6.54 Å². The van der Waals surface area contributed by atoms with Gasteiger partial charge in [0.25, 0.3) is 0 Å². The monoisotopic (exact) mass is 262 g/mol. The minimum atomic E-state index is 0.217. The number of pyridine rings is 1. The van der Waals surface area contributed by atoms with E-state index in [1.165, 1.54) is 11.3 Å². The minimum Gasteiger partial charge on any atom is -0.312 e. The molecule has 0 radical (unpaired) electrons. The molecule has 0 aliphatic carbocycles. The van der Waals surface area contributed by atoms with E-state index in [1.54, 1.807) is 0 Å². The Morgan fingerprint density at radius 3 is 2.21 bits per heavy atom. The van der Waals surface area contributed by atoms with Gasteiger partial charge in [-0.2, -0.15) is 0 Å². The van der Waals surface area contributed by atoms with E-state index in [0.717, 1.165) is 25.8 Å². The van der Waals surface area contributed by atoms with E-state index in [2.05, 4.69) is 64.0 Å². The van der Waals surface area contributed by atoms with Crippen molar-refractivity contribution in [3.63, 3.8) is 0 Å². The summed E-state index contributed by atoms with van der Waals surface area (Å²) in [4.78, 5) is 4.57. The third-order valence-corrected chi connectivity index (χ3v) is 2.89. The molecule has 0 aromatic carbocycles. The lowest BCUT2D eigenvalue weighted by molar-refractivity contribution is 0.406. The molecule has 0 saturated carbocycles. The quantitative estimate of drug-likeness (QED) is 0.812. The van der Waals surface area contributed by atoms with Gasteiger partial charge in [-0.15, -0.1) is 0 Å². The Balaban J connectivity index is 2.36. The van der Waals surface area contributed by atoms with Gasteiger partial charge in [-0.1, -0.05) is 26.8 Å². The molecule has 2 heteroatoms. The van der Waals surface area contributed by atoms with E-state index < -0.39 is 0 Å². The first-order chi connectivity index (χ1) is 8.66. The maximum Gasteiger partial charge on any atom is 0.0409 e. The summed E-state index contributed by atoms with van der Waals surface area (Å²) in [6.07, 6.45) is 5.35. The maximum absolute atomic E-state index is 4.57. The van der Waals surface area contributed by atoms with Gasteiger partial charge in [0.15, 0.2) is 0 Å². The topological polar surface area (TPSA) is 24.9 Å². The Labute approximate surface area is 119 Å². The van der Waals surface area contributed by atoms with E-state index in [4.69, 9.17) is 0 Å². The van der Waals surface area contributed by atoms with Gasteiger partial charge in [0.1, 0.15) is 0 Å². The molecule has 0 spiro atoms. The highest BCUT2D eigenvalue weighted by Crippen LogP contribution is 2.19. The smallest absolute Gasteiger partial charge is 0.0409 e. The molecule has 0 fully saturated rings. The first kappa shape index (κ1) is 16.2. The van der Waals surface area contributed by atoms with Crippen LogP contribution in [0.1, 0.15) is 59.2 Å². The van der Waals surface area contributed by atoms with Crippen LogP contribution in [0.2, 0.25) is 0 Å². The summed E-state index contributed by atoms with van der Waals surface area (Å²) in [6.45, 7) is 14.4. The maximum atomic E-state index is 4.57. The molecule has 1 aromatic heterocycles. The second kappa shape index (κ2) is 6.51. The molecule has 1 heterocycles. The first-order valence-corrected chi connectivity index (χ1v) is 7.35. The zero-order valence-electron chi connectivity index (χ0n) is 13.5. The summed E-state index contributed by atoms with van der Waals surface area (Å²) in [6, 6.07) is 4.41. The highest BCUT2D eigenvalue weighted by Gasteiger charge is 2.12. The minimum absolute atomic E-state index is 0.217. The summed E-state index contributed by atoms with van der Waals surface area (Å²) >= 11 is 0. The fourth-order valence-corrected chi connectivity index (χ4v) is 2.01. The fraction of sp³-hybridized carbons (Fsp3) is 0.706. The Bertz CT molecular complexity index is 366. The van der Waals surface area contributed by atoms with Gasteiger partial charge in [-0.05, 0) is 63.6 Å². The van der Waals surface area contributed by atoms with Gasteiger partial charge in [0, 0.05) is 17.4 Å². The Morgan fingerprint density at radius 1 is 1.05 bits per heavy atom. The number of hydrogen-bond donors (Lipinski definition) is 1. The van der Waals surface area contributed by atoms with Gasteiger partial charge < -0.3 is 5.32 Å². The molecular weight excluding hydrogens is 232 g/mol. The number of rotatable bonds is 5. The Kier molecular flexibility index (Phi) is 5.54. The van der Waals surface area contributed by atoms with Gasteiger partial charge in [0.05, 0.1) is 0 Å². The summed E-state index contributed by atoms with van der Waals surface area (Å²) in [7, 11) is 0. The largest absolute Gasteiger partial charge is 0.312 e. The summed E-state index contributed by atoms with van der Waals surface area (Å²) in [5.41, 5.74) is 3.07. The second-order valence-corrected chi connectivity index (χ2v) is 7.68. The van der Waals surface area contributed by atoms with Crippen molar-refractivity contribution in [2.45, 2.75) is 66.3 Å². The number of aromatic nitrogens is 1. The lowest BCUT2D eigenvalue weighted by atomic mass is 9.90. The molecule has 19 heavy (non-hydrogen) atoms. The average Bonchev–Trinajstić information content (AvgIpc) is 2.23. The highest BCUT2D eigenvalue weighted by molar-refractivity contribution is 5.15. The van der Waals surface area contributed by atoms with Crippen molar-refractivity contribution in [3.05, 3.63) is 29.6 Å². The number of nitrogens with zero attached hydrogens (tertiary/aromatic N) is 1. The van der Waals surface area contributed by atoms with Crippen LogP contribution < -0.4 is 5.32 Å². The van der Waals surface area contributed by atoms with Gasteiger partial charge in [0.2, 0.25) is 0 Å². The van der Waals surface area contributed by atoms with Crippen LogP contribution >= 0.6 is 0 Å². The van der Waals surface area contributed by atoms with Crippen molar-refractivity contribution in [2.24, 2.45) is 5.41 Å². The zero-order valence-corrected chi connectivity index (χ0v) is 13.5. The van der Waals surface area contributed by atoms with Crippen LogP contribution in [-0.2, 0) is 12.8 Å². The van der Waals surface area contributed by atoms with Crippen LogP contribution in [-0.4, -0.2) is 17.1 Å². The van der Waals surface area contributed by atoms with E-state index in [9.17, 15) is 0 Å². The van der Waals surface area contributed by atoms with E-state index in [0.29, 0.717) is 5.41 Å². The number of hydrogen-bond acceptors (Lipinski definition) is 2. The Morgan fingerprint density at radius 2 is 1.74 bits per heavy atom. The van der Waals surface area contributed by atoms with Crippen LogP contribution in [0.15, 0.2) is 18.3 Å². The van der Waals surface area contributed by atoms with Crippen LogP contribution in [0.3, 0.4) is 0 Å². The summed E-state index contributed by atoms with van der Waals surface area (Å²) in [5.74, 6) is 0. The molecule has 0 amide bonds. The first-order valence-electron chi connectivity index (χ1n) is 7.35. The third kappa shape index (κ3) is 7.99. The molecule has 108 valence electrons. The summed E-state index contributed by atoms with van der Waals surface area (Å²) < 4.78 is 0. The Hall–Kier alpha value is -0.890. The van der Waals surface area contributed by atoms with E-state index >= 15 is 0 Å².